The molecule has 0 saturated carbocycles. The lowest BCUT2D eigenvalue weighted by Gasteiger charge is -2.09. The largest absolute Gasteiger partial charge is 0.248 e. The van der Waals surface area contributed by atoms with E-state index >= 15 is 0 Å². The van der Waals surface area contributed by atoms with Crippen molar-refractivity contribution in [1.82, 2.24) is 15.0 Å². The molecule has 1 aromatic heterocycles. The minimum absolute atomic E-state index is 0.678. The quantitative estimate of drug-likeness (QED) is 0.555. The minimum Gasteiger partial charge on any atom is -0.248 e. The van der Waals surface area contributed by atoms with Gasteiger partial charge in [0.25, 0.3) is 0 Å². The molecule has 22 heavy (non-hydrogen) atoms. The lowest BCUT2D eigenvalue weighted by atomic mass is 10.0. The first-order valence-corrected chi connectivity index (χ1v) is 8.35. The smallest absolute Gasteiger partial charge is 0.0693 e. The lowest BCUT2D eigenvalue weighted by Crippen LogP contribution is -2.01. The Hall–Kier alpha value is -1.72. The van der Waals surface area contributed by atoms with Crippen molar-refractivity contribution in [1.29, 1.82) is 0 Å². The predicted molar refractivity (Wildman–Crippen MR) is 96.2 cm³/mol. The normalized spacial score (nSPS) is 11.6. The highest BCUT2D eigenvalue weighted by Gasteiger charge is 2.04. The van der Waals surface area contributed by atoms with Crippen LogP contribution in [0, 0.1) is 0 Å². The highest BCUT2D eigenvalue weighted by atomic mass is 79.9. The summed E-state index contributed by atoms with van der Waals surface area (Å²) in [7, 11) is 0. The zero-order valence-electron chi connectivity index (χ0n) is 11.7. The molecule has 3 rings (SSSR count). The SMILES string of the molecule is Brc1ccc(/C=C(/Cn2ccnn2)c2ccc(Br)cc2)cc1. The molecule has 0 spiro atoms. The van der Waals surface area contributed by atoms with E-state index in [-0.39, 0.29) is 0 Å². The van der Waals surface area contributed by atoms with Crippen molar-refractivity contribution in [3.05, 3.63) is 81.0 Å². The molecule has 3 aromatic rings. The minimum atomic E-state index is 0.678. The van der Waals surface area contributed by atoms with E-state index in [0.717, 1.165) is 14.5 Å². The Balaban J connectivity index is 1.98. The zero-order chi connectivity index (χ0) is 15.4. The Morgan fingerprint density at radius 3 is 2.18 bits per heavy atom. The van der Waals surface area contributed by atoms with Crippen LogP contribution in [0.1, 0.15) is 11.1 Å². The van der Waals surface area contributed by atoms with E-state index in [9.17, 15) is 0 Å². The van der Waals surface area contributed by atoms with Crippen LogP contribution >= 0.6 is 31.9 Å². The van der Waals surface area contributed by atoms with Gasteiger partial charge in [-0.2, -0.15) is 0 Å². The number of hydrogen-bond donors (Lipinski definition) is 0. The maximum atomic E-state index is 4.06. The van der Waals surface area contributed by atoms with Gasteiger partial charge in [0.2, 0.25) is 0 Å². The van der Waals surface area contributed by atoms with Crippen LogP contribution in [0.5, 0.6) is 0 Å². The summed E-state index contributed by atoms with van der Waals surface area (Å²) < 4.78 is 3.97. The Bertz CT molecular complexity index is 761. The van der Waals surface area contributed by atoms with Gasteiger partial charge in [0.15, 0.2) is 0 Å². The number of rotatable bonds is 4. The van der Waals surface area contributed by atoms with Gasteiger partial charge in [0.05, 0.1) is 12.7 Å². The molecular formula is C17H13Br2N3. The topological polar surface area (TPSA) is 30.7 Å². The van der Waals surface area contributed by atoms with E-state index in [0.29, 0.717) is 6.54 Å². The highest BCUT2D eigenvalue weighted by molar-refractivity contribution is 9.10. The van der Waals surface area contributed by atoms with Gasteiger partial charge in [-0.1, -0.05) is 61.3 Å². The van der Waals surface area contributed by atoms with Crippen LogP contribution in [0.25, 0.3) is 11.6 Å². The summed E-state index contributed by atoms with van der Waals surface area (Å²) in [6, 6.07) is 16.6. The molecule has 2 aromatic carbocycles. The van der Waals surface area contributed by atoms with Gasteiger partial charge in [0, 0.05) is 15.1 Å². The van der Waals surface area contributed by atoms with E-state index in [4.69, 9.17) is 0 Å². The summed E-state index contributed by atoms with van der Waals surface area (Å²) in [6.45, 7) is 0.678. The number of allylic oxidation sites excluding steroid dienone is 1. The first kappa shape index (κ1) is 15.2. The van der Waals surface area contributed by atoms with Crippen molar-refractivity contribution in [2.75, 3.05) is 0 Å². The summed E-state index contributed by atoms with van der Waals surface area (Å²) in [6.07, 6.45) is 5.74. The molecule has 0 aliphatic carbocycles. The second-order valence-electron chi connectivity index (χ2n) is 4.83. The Labute approximate surface area is 145 Å². The molecule has 0 N–H and O–H groups in total. The summed E-state index contributed by atoms with van der Waals surface area (Å²) in [5, 5.41) is 7.94. The summed E-state index contributed by atoms with van der Waals surface area (Å²) in [5.74, 6) is 0. The average Bonchev–Trinajstić information content (AvgIpc) is 3.03. The average molecular weight is 419 g/mol. The maximum Gasteiger partial charge on any atom is 0.0693 e. The van der Waals surface area contributed by atoms with E-state index < -0.39 is 0 Å². The number of hydrogen-bond acceptors (Lipinski definition) is 2. The standard InChI is InChI=1S/C17H13Br2N3/c18-16-5-1-13(2-6-16)11-15(12-22-10-9-20-21-22)14-3-7-17(19)8-4-14/h1-11H,12H2/b15-11-. The van der Waals surface area contributed by atoms with Crippen molar-refractivity contribution >= 4 is 43.5 Å². The Morgan fingerprint density at radius 2 is 1.59 bits per heavy atom. The molecule has 0 aliphatic heterocycles. The second-order valence-corrected chi connectivity index (χ2v) is 6.66. The van der Waals surface area contributed by atoms with Crippen LogP contribution < -0.4 is 0 Å². The predicted octanol–water partition coefficient (Wildman–Crippen LogP) is 5.04. The van der Waals surface area contributed by atoms with E-state index in [1.807, 2.05) is 35.1 Å². The van der Waals surface area contributed by atoms with Gasteiger partial charge in [-0.3, -0.25) is 0 Å². The maximum absolute atomic E-state index is 4.06. The third-order valence-electron chi connectivity index (χ3n) is 3.23. The fourth-order valence-electron chi connectivity index (χ4n) is 2.14. The van der Waals surface area contributed by atoms with Crippen molar-refractivity contribution in [2.45, 2.75) is 6.54 Å². The summed E-state index contributed by atoms with van der Waals surface area (Å²) in [5.41, 5.74) is 3.50. The number of benzene rings is 2. The van der Waals surface area contributed by atoms with E-state index in [1.54, 1.807) is 6.20 Å². The summed E-state index contributed by atoms with van der Waals surface area (Å²) in [4.78, 5) is 0. The molecular weight excluding hydrogens is 406 g/mol. The molecule has 3 nitrogen and oxygen atoms in total. The fourth-order valence-corrected chi connectivity index (χ4v) is 2.66. The molecule has 0 radical (unpaired) electrons. The molecule has 110 valence electrons. The molecule has 0 amide bonds. The molecule has 0 bridgehead atoms. The zero-order valence-corrected chi connectivity index (χ0v) is 14.8. The van der Waals surface area contributed by atoms with Gasteiger partial charge in [-0.25, -0.2) is 4.68 Å². The van der Waals surface area contributed by atoms with E-state index in [1.165, 1.54) is 11.1 Å². The van der Waals surface area contributed by atoms with Crippen molar-refractivity contribution in [3.8, 4) is 0 Å². The van der Waals surface area contributed by atoms with Crippen LogP contribution in [-0.4, -0.2) is 15.0 Å². The van der Waals surface area contributed by atoms with Crippen molar-refractivity contribution < 1.29 is 0 Å². The van der Waals surface area contributed by atoms with Crippen LogP contribution in [0.15, 0.2) is 69.9 Å². The van der Waals surface area contributed by atoms with Gasteiger partial charge in [0.1, 0.15) is 0 Å². The monoisotopic (exact) mass is 417 g/mol. The molecule has 0 saturated heterocycles. The molecule has 1 heterocycles. The van der Waals surface area contributed by atoms with Gasteiger partial charge >= 0.3 is 0 Å². The van der Waals surface area contributed by atoms with Crippen LogP contribution in [0.4, 0.5) is 0 Å². The summed E-state index contributed by atoms with van der Waals surface area (Å²) >= 11 is 6.94. The van der Waals surface area contributed by atoms with Gasteiger partial charge in [-0.15, -0.1) is 5.10 Å². The number of halogens is 2. The number of nitrogens with zero attached hydrogens (tertiary/aromatic N) is 3. The molecule has 0 atom stereocenters. The molecule has 0 fully saturated rings. The van der Waals surface area contributed by atoms with Gasteiger partial charge < -0.3 is 0 Å². The second kappa shape index (κ2) is 7.03. The van der Waals surface area contributed by atoms with Gasteiger partial charge in [-0.05, 0) is 47.0 Å². The van der Waals surface area contributed by atoms with Crippen LogP contribution in [-0.2, 0) is 6.54 Å². The Morgan fingerprint density at radius 1 is 0.955 bits per heavy atom. The van der Waals surface area contributed by atoms with Crippen molar-refractivity contribution in [2.24, 2.45) is 0 Å². The van der Waals surface area contributed by atoms with Crippen LogP contribution in [0.2, 0.25) is 0 Å². The van der Waals surface area contributed by atoms with Crippen LogP contribution in [0.3, 0.4) is 0 Å². The van der Waals surface area contributed by atoms with E-state index in [2.05, 4.69) is 72.5 Å². The molecule has 0 unspecified atom stereocenters. The van der Waals surface area contributed by atoms with Crippen molar-refractivity contribution in [3.63, 3.8) is 0 Å². The fraction of sp³-hybridized carbons (Fsp3) is 0.0588. The molecule has 0 aliphatic rings. The third-order valence-corrected chi connectivity index (χ3v) is 4.29. The Kier molecular flexibility index (Phi) is 4.85. The molecule has 5 heteroatoms. The first-order valence-electron chi connectivity index (χ1n) is 6.77. The number of aromatic nitrogens is 3. The highest BCUT2D eigenvalue weighted by Crippen LogP contribution is 2.23. The lowest BCUT2D eigenvalue weighted by molar-refractivity contribution is 0.671. The third kappa shape index (κ3) is 3.93. The first-order chi connectivity index (χ1) is 10.7.